The van der Waals surface area contributed by atoms with Crippen molar-refractivity contribution in [1.82, 2.24) is 10.6 Å². The number of rotatable bonds is 8. The highest BCUT2D eigenvalue weighted by Crippen LogP contribution is 1.89. The fourth-order valence-electron chi connectivity index (χ4n) is 1.20. The largest absolute Gasteiger partial charge is 0.379 e. The van der Waals surface area contributed by atoms with Gasteiger partial charge in [0.25, 0.3) is 0 Å². The quantitative estimate of drug-likeness (QED) is 0.379. The van der Waals surface area contributed by atoms with Crippen molar-refractivity contribution in [2.75, 3.05) is 26.7 Å². The summed E-state index contributed by atoms with van der Waals surface area (Å²) >= 11 is 0. The zero-order valence-corrected chi connectivity index (χ0v) is 11.2. The van der Waals surface area contributed by atoms with Gasteiger partial charge in [0.1, 0.15) is 0 Å². The Labute approximate surface area is 99.9 Å². The summed E-state index contributed by atoms with van der Waals surface area (Å²) in [5.41, 5.74) is 0. The maximum absolute atomic E-state index is 5.46. The summed E-state index contributed by atoms with van der Waals surface area (Å²) in [5.74, 6) is 0.887. The summed E-state index contributed by atoms with van der Waals surface area (Å²) in [6, 6.07) is 0. The monoisotopic (exact) mass is 229 g/mol. The Kier molecular flexibility index (Phi) is 10.2. The molecule has 0 heterocycles. The molecule has 0 bridgehead atoms. The molecule has 2 N–H and O–H groups in total. The van der Waals surface area contributed by atoms with Gasteiger partial charge in [-0.1, -0.05) is 13.3 Å². The van der Waals surface area contributed by atoms with Gasteiger partial charge in [0.15, 0.2) is 5.96 Å². The first-order chi connectivity index (χ1) is 7.70. The number of unbranched alkanes of at least 4 members (excludes halogenated alkanes) is 1. The summed E-state index contributed by atoms with van der Waals surface area (Å²) in [6.07, 6.45) is 3.71. The third-order valence-electron chi connectivity index (χ3n) is 2.11. The second kappa shape index (κ2) is 10.7. The van der Waals surface area contributed by atoms with Crippen LogP contribution in [0.4, 0.5) is 0 Å². The van der Waals surface area contributed by atoms with Gasteiger partial charge in [-0.05, 0) is 26.7 Å². The number of aliphatic imine (C=N–C) groups is 1. The molecule has 16 heavy (non-hydrogen) atoms. The van der Waals surface area contributed by atoms with E-state index in [1.165, 1.54) is 12.8 Å². The van der Waals surface area contributed by atoms with Crippen molar-refractivity contribution < 1.29 is 4.74 Å². The van der Waals surface area contributed by atoms with Crippen molar-refractivity contribution >= 4 is 5.96 Å². The van der Waals surface area contributed by atoms with Crippen LogP contribution in [0, 0.1) is 0 Å². The van der Waals surface area contributed by atoms with E-state index in [4.69, 9.17) is 4.74 Å². The second-order valence-electron chi connectivity index (χ2n) is 4.05. The molecular weight excluding hydrogens is 202 g/mol. The van der Waals surface area contributed by atoms with Crippen LogP contribution in [0.3, 0.4) is 0 Å². The molecule has 0 aromatic carbocycles. The lowest BCUT2D eigenvalue weighted by Gasteiger charge is -2.12. The van der Waals surface area contributed by atoms with Crippen molar-refractivity contribution in [3.05, 3.63) is 0 Å². The van der Waals surface area contributed by atoms with Crippen molar-refractivity contribution in [1.29, 1.82) is 0 Å². The van der Waals surface area contributed by atoms with Crippen LogP contribution in [0.1, 0.15) is 40.0 Å². The van der Waals surface area contributed by atoms with E-state index in [0.29, 0.717) is 6.10 Å². The highest BCUT2D eigenvalue weighted by molar-refractivity contribution is 5.79. The Balaban J connectivity index is 3.41. The molecule has 0 saturated carbocycles. The van der Waals surface area contributed by atoms with E-state index >= 15 is 0 Å². The molecular formula is C12H27N3O. The molecule has 0 aromatic rings. The number of guanidine groups is 1. The topological polar surface area (TPSA) is 45.7 Å². The molecule has 4 nitrogen and oxygen atoms in total. The number of hydrogen-bond donors (Lipinski definition) is 2. The predicted molar refractivity (Wildman–Crippen MR) is 70.0 cm³/mol. The van der Waals surface area contributed by atoms with Gasteiger partial charge in [0.05, 0.1) is 6.10 Å². The van der Waals surface area contributed by atoms with Gasteiger partial charge in [-0.2, -0.15) is 0 Å². The van der Waals surface area contributed by atoms with Crippen LogP contribution in [0.5, 0.6) is 0 Å². The van der Waals surface area contributed by atoms with E-state index in [1.807, 2.05) is 0 Å². The number of nitrogens with one attached hydrogen (secondary N) is 2. The minimum Gasteiger partial charge on any atom is -0.379 e. The Morgan fingerprint density at radius 3 is 2.31 bits per heavy atom. The maximum Gasteiger partial charge on any atom is 0.190 e. The summed E-state index contributed by atoms with van der Waals surface area (Å²) in [4.78, 5) is 4.15. The molecule has 0 aliphatic carbocycles. The van der Waals surface area contributed by atoms with E-state index in [1.54, 1.807) is 7.05 Å². The number of ether oxygens (including phenoxy) is 1. The van der Waals surface area contributed by atoms with Crippen LogP contribution in [0.25, 0.3) is 0 Å². The van der Waals surface area contributed by atoms with Crippen LogP contribution in [-0.4, -0.2) is 38.8 Å². The highest BCUT2D eigenvalue weighted by Gasteiger charge is 1.96. The van der Waals surface area contributed by atoms with E-state index in [9.17, 15) is 0 Å². The van der Waals surface area contributed by atoms with Crippen LogP contribution in [0.15, 0.2) is 4.99 Å². The lowest BCUT2D eigenvalue weighted by atomic mass is 10.3. The number of nitrogens with zero attached hydrogens (tertiary/aromatic N) is 1. The molecule has 0 radical (unpaired) electrons. The lowest BCUT2D eigenvalue weighted by Crippen LogP contribution is -2.38. The zero-order chi connectivity index (χ0) is 12.2. The van der Waals surface area contributed by atoms with E-state index < -0.39 is 0 Å². The second-order valence-corrected chi connectivity index (χ2v) is 4.05. The van der Waals surface area contributed by atoms with Gasteiger partial charge in [-0.3, -0.25) is 4.99 Å². The van der Waals surface area contributed by atoms with E-state index in [0.717, 1.165) is 32.1 Å². The fraction of sp³-hybridized carbons (Fsp3) is 0.917. The molecule has 0 aliphatic rings. The van der Waals surface area contributed by atoms with Gasteiger partial charge in [-0.25, -0.2) is 0 Å². The predicted octanol–water partition coefficient (Wildman–Crippen LogP) is 1.77. The van der Waals surface area contributed by atoms with Gasteiger partial charge < -0.3 is 15.4 Å². The summed E-state index contributed by atoms with van der Waals surface area (Å²) in [5, 5.41) is 6.53. The van der Waals surface area contributed by atoms with Crippen LogP contribution in [0.2, 0.25) is 0 Å². The minimum absolute atomic E-state index is 0.321. The third kappa shape index (κ3) is 9.77. The molecule has 0 aromatic heterocycles. The number of hydrogen-bond acceptors (Lipinski definition) is 2. The Hall–Kier alpha value is -0.770. The van der Waals surface area contributed by atoms with Gasteiger partial charge in [0.2, 0.25) is 0 Å². The first-order valence-electron chi connectivity index (χ1n) is 6.26. The minimum atomic E-state index is 0.321. The van der Waals surface area contributed by atoms with Crippen LogP contribution in [-0.2, 0) is 4.74 Å². The lowest BCUT2D eigenvalue weighted by molar-refractivity contribution is 0.0776. The first-order valence-corrected chi connectivity index (χ1v) is 6.26. The molecule has 0 saturated heterocycles. The van der Waals surface area contributed by atoms with Crippen molar-refractivity contribution in [2.45, 2.75) is 46.1 Å². The smallest absolute Gasteiger partial charge is 0.190 e. The molecule has 4 heteroatoms. The molecule has 0 unspecified atom stereocenters. The van der Waals surface area contributed by atoms with E-state index in [-0.39, 0.29) is 0 Å². The molecule has 0 amide bonds. The van der Waals surface area contributed by atoms with Crippen molar-refractivity contribution in [2.24, 2.45) is 4.99 Å². The fourth-order valence-corrected chi connectivity index (χ4v) is 1.20. The Morgan fingerprint density at radius 1 is 1.19 bits per heavy atom. The standard InChI is InChI=1S/C12H27N3O/c1-5-6-8-14-12(13-4)15-9-7-10-16-11(2)3/h11H,5-10H2,1-4H3,(H2,13,14,15). The average molecular weight is 229 g/mol. The molecule has 0 aliphatic heterocycles. The van der Waals surface area contributed by atoms with Crippen LogP contribution < -0.4 is 10.6 Å². The van der Waals surface area contributed by atoms with Crippen molar-refractivity contribution in [3.8, 4) is 0 Å². The third-order valence-corrected chi connectivity index (χ3v) is 2.11. The molecule has 96 valence electrons. The summed E-state index contributed by atoms with van der Waals surface area (Å²) in [7, 11) is 1.80. The summed E-state index contributed by atoms with van der Waals surface area (Å²) in [6.45, 7) is 8.98. The summed E-state index contributed by atoms with van der Waals surface area (Å²) < 4.78 is 5.46. The first kappa shape index (κ1) is 15.2. The molecule has 0 rings (SSSR count). The van der Waals surface area contributed by atoms with Gasteiger partial charge in [-0.15, -0.1) is 0 Å². The normalized spacial score (nSPS) is 11.9. The van der Waals surface area contributed by atoms with Gasteiger partial charge in [0, 0.05) is 26.7 Å². The van der Waals surface area contributed by atoms with Gasteiger partial charge >= 0.3 is 0 Å². The van der Waals surface area contributed by atoms with Crippen molar-refractivity contribution in [3.63, 3.8) is 0 Å². The van der Waals surface area contributed by atoms with Crippen LogP contribution >= 0.6 is 0 Å². The average Bonchev–Trinajstić information content (AvgIpc) is 2.26. The zero-order valence-electron chi connectivity index (χ0n) is 11.2. The molecule has 0 fully saturated rings. The SMILES string of the molecule is CCCCNC(=NC)NCCCOC(C)C. The highest BCUT2D eigenvalue weighted by atomic mass is 16.5. The molecule has 0 spiro atoms. The molecule has 0 atom stereocenters. The van der Waals surface area contributed by atoms with E-state index in [2.05, 4.69) is 36.4 Å². The maximum atomic E-state index is 5.46. The Morgan fingerprint density at radius 2 is 1.81 bits per heavy atom. The Bertz CT molecular complexity index is 181.